The Morgan fingerprint density at radius 2 is 2.05 bits per heavy atom. The lowest BCUT2D eigenvalue weighted by molar-refractivity contribution is 0.281. The molecule has 0 atom stereocenters. The SMILES string of the molecule is COc1ccc2nc(COc3ccccc3F)[nH]c(=O)c2c1. The van der Waals surface area contributed by atoms with E-state index in [4.69, 9.17) is 9.47 Å². The second kappa shape index (κ2) is 5.85. The first-order valence-corrected chi connectivity index (χ1v) is 6.61. The molecule has 0 bridgehead atoms. The molecule has 112 valence electrons. The molecule has 1 heterocycles. The highest BCUT2D eigenvalue weighted by atomic mass is 19.1. The third kappa shape index (κ3) is 2.76. The van der Waals surface area contributed by atoms with Gasteiger partial charge >= 0.3 is 0 Å². The largest absolute Gasteiger partial charge is 0.497 e. The minimum atomic E-state index is -0.463. The van der Waals surface area contributed by atoms with Gasteiger partial charge in [-0.15, -0.1) is 0 Å². The monoisotopic (exact) mass is 300 g/mol. The molecule has 3 aromatic rings. The van der Waals surface area contributed by atoms with Gasteiger partial charge in [0.15, 0.2) is 11.6 Å². The van der Waals surface area contributed by atoms with Gasteiger partial charge in [-0.2, -0.15) is 0 Å². The Morgan fingerprint density at radius 1 is 1.23 bits per heavy atom. The normalized spacial score (nSPS) is 10.6. The van der Waals surface area contributed by atoms with Gasteiger partial charge in [0.2, 0.25) is 0 Å². The van der Waals surface area contributed by atoms with Gasteiger partial charge in [0.05, 0.1) is 18.0 Å². The van der Waals surface area contributed by atoms with Crippen molar-refractivity contribution in [1.29, 1.82) is 0 Å². The van der Waals surface area contributed by atoms with Gasteiger partial charge in [-0.05, 0) is 30.3 Å². The van der Waals surface area contributed by atoms with E-state index < -0.39 is 5.82 Å². The number of halogens is 1. The Morgan fingerprint density at radius 3 is 2.82 bits per heavy atom. The number of methoxy groups -OCH3 is 1. The lowest BCUT2D eigenvalue weighted by Gasteiger charge is -2.07. The minimum absolute atomic E-state index is 0.0296. The standard InChI is InChI=1S/C16H13FN2O3/c1-21-10-6-7-13-11(8-10)16(20)19-15(18-13)9-22-14-5-3-2-4-12(14)17/h2-8H,9H2,1H3,(H,18,19,20). The molecule has 0 aliphatic heterocycles. The molecule has 0 aliphatic carbocycles. The number of fused-ring (bicyclic) bond motifs is 1. The number of rotatable bonds is 4. The molecular formula is C16H13FN2O3. The quantitative estimate of drug-likeness (QED) is 0.804. The summed E-state index contributed by atoms with van der Waals surface area (Å²) in [5, 5.41) is 0.425. The number of ether oxygens (including phenoxy) is 2. The number of aromatic amines is 1. The Labute approximate surface area is 125 Å². The van der Waals surface area contributed by atoms with Crippen molar-refractivity contribution >= 4 is 10.9 Å². The topological polar surface area (TPSA) is 64.2 Å². The number of H-pyrrole nitrogens is 1. The molecule has 5 nitrogen and oxygen atoms in total. The van der Waals surface area contributed by atoms with Gasteiger partial charge in [0, 0.05) is 0 Å². The zero-order valence-corrected chi connectivity index (χ0v) is 11.8. The highest BCUT2D eigenvalue weighted by molar-refractivity contribution is 5.79. The van der Waals surface area contributed by atoms with E-state index in [1.807, 2.05) is 0 Å². The number of para-hydroxylation sites is 1. The molecule has 3 rings (SSSR count). The highest BCUT2D eigenvalue weighted by Gasteiger charge is 2.07. The van der Waals surface area contributed by atoms with Crippen molar-refractivity contribution < 1.29 is 13.9 Å². The fraction of sp³-hybridized carbons (Fsp3) is 0.125. The van der Waals surface area contributed by atoms with Crippen molar-refractivity contribution in [3.05, 3.63) is 64.5 Å². The third-order valence-corrected chi connectivity index (χ3v) is 3.16. The zero-order chi connectivity index (χ0) is 15.5. The first-order chi connectivity index (χ1) is 10.7. The molecule has 0 radical (unpaired) electrons. The van der Waals surface area contributed by atoms with Crippen molar-refractivity contribution in [2.24, 2.45) is 0 Å². The second-order valence-electron chi connectivity index (χ2n) is 4.61. The first kappa shape index (κ1) is 14.1. The van der Waals surface area contributed by atoms with Crippen LogP contribution in [-0.4, -0.2) is 17.1 Å². The van der Waals surface area contributed by atoms with Crippen LogP contribution in [0.4, 0.5) is 4.39 Å². The second-order valence-corrected chi connectivity index (χ2v) is 4.61. The van der Waals surface area contributed by atoms with E-state index in [1.54, 1.807) is 30.3 Å². The lowest BCUT2D eigenvalue weighted by Crippen LogP contribution is -2.14. The summed E-state index contributed by atoms with van der Waals surface area (Å²) in [6.45, 7) is -0.0296. The number of hydrogen-bond acceptors (Lipinski definition) is 4. The summed E-state index contributed by atoms with van der Waals surface area (Å²) >= 11 is 0. The Balaban J connectivity index is 1.89. The molecule has 0 amide bonds. The Kier molecular flexibility index (Phi) is 3.74. The summed E-state index contributed by atoms with van der Waals surface area (Å²) in [7, 11) is 1.53. The predicted octanol–water partition coefficient (Wildman–Crippen LogP) is 2.65. The molecule has 0 spiro atoms. The molecule has 1 N–H and O–H groups in total. The highest BCUT2D eigenvalue weighted by Crippen LogP contribution is 2.18. The molecule has 0 saturated carbocycles. The van der Waals surface area contributed by atoms with Crippen LogP contribution in [0.2, 0.25) is 0 Å². The van der Waals surface area contributed by atoms with Crippen LogP contribution in [0, 0.1) is 5.82 Å². The van der Waals surface area contributed by atoms with E-state index in [0.717, 1.165) is 0 Å². The smallest absolute Gasteiger partial charge is 0.258 e. The van der Waals surface area contributed by atoms with E-state index in [0.29, 0.717) is 22.5 Å². The summed E-state index contributed by atoms with van der Waals surface area (Å²) in [6.07, 6.45) is 0. The molecule has 1 aromatic heterocycles. The predicted molar refractivity (Wildman–Crippen MR) is 79.6 cm³/mol. The minimum Gasteiger partial charge on any atom is -0.497 e. The van der Waals surface area contributed by atoms with Gasteiger partial charge in [0.1, 0.15) is 18.2 Å². The van der Waals surface area contributed by atoms with Crippen molar-refractivity contribution in [2.75, 3.05) is 7.11 Å². The average Bonchev–Trinajstić information content (AvgIpc) is 2.54. The summed E-state index contributed by atoms with van der Waals surface area (Å²) in [4.78, 5) is 19.0. The van der Waals surface area contributed by atoms with Crippen molar-refractivity contribution in [1.82, 2.24) is 9.97 Å². The molecule has 6 heteroatoms. The van der Waals surface area contributed by atoms with Gasteiger partial charge in [0.25, 0.3) is 5.56 Å². The summed E-state index contributed by atoms with van der Waals surface area (Å²) in [5.41, 5.74) is 0.229. The Bertz CT molecular complexity index is 877. The molecular weight excluding hydrogens is 287 g/mol. The summed E-state index contributed by atoms with van der Waals surface area (Å²) in [5.74, 6) is 0.552. The maximum Gasteiger partial charge on any atom is 0.258 e. The zero-order valence-electron chi connectivity index (χ0n) is 11.8. The van der Waals surface area contributed by atoms with E-state index in [2.05, 4.69) is 9.97 Å². The van der Waals surface area contributed by atoms with Crippen LogP contribution in [0.5, 0.6) is 11.5 Å². The van der Waals surface area contributed by atoms with Gasteiger partial charge in [-0.3, -0.25) is 4.79 Å². The number of nitrogens with one attached hydrogen (secondary N) is 1. The van der Waals surface area contributed by atoms with Crippen molar-refractivity contribution in [2.45, 2.75) is 6.61 Å². The fourth-order valence-corrected chi connectivity index (χ4v) is 2.07. The van der Waals surface area contributed by atoms with E-state index in [-0.39, 0.29) is 17.9 Å². The van der Waals surface area contributed by atoms with Crippen molar-refractivity contribution in [3.63, 3.8) is 0 Å². The maximum atomic E-state index is 13.5. The molecule has 2 aromatic carbocycles. The van der Waals surface area contributed by atoms with Crippen LogP contribution in [0.25, 0.3) is 10.9 Å². The number of aromatic nitrogens is 2. The molecule has 0 aliphatic rings. The van der Waals surface area contributed by atoms with Crippen LogP contribution < -0.4 is 15.0 Å². The van der Waals surface area contributed by atoms with Gasteiger partial charge < -0.3 is 14.5 Å². The Hall–Kier alpha value is -2.89. The number of nitrogens with zero attached hydrogens (tertiary/aromatic N) is 1. The molecule has 0 unspecified atom stereocenters. The first-order valence-electron chi connectivity index (χ1n) is 6.61. The third-order valence-electron chi connectivity index (χ3n) is 3.16. The van der Waals surface area contributed by atoms with Crippen LogP contribution in [-0.2, 0) is 6.61 Å². The molecule has 0 saturated heterocycles. The van der Waals surface area contributed by atoms with Crippen molar-refractivity contribution in [3.8, 4) is 11.5 Å². The van der Waals surface area contributed by atoms with Gasteiger partial charge in [-0.25, -0.2) is 9.37 Å². The number of hydrogen-bond donors (Lipinski definition) is 1. The van der Waals surface area contributed by atoms with Crippen LogP contribution in [0.3, 0.4) is 0 Å². The lowest BCUT2D eigenvalue weighted by atomic mass is 10.2. The summed E-state index contributed by atoms with van der Waals surface area (Å²) in [6, 6.07) is 11.1. The van der Waals surface area contributed by atoms with Gasteiger partial charge in [-0.1, -0.05) is 12.1 Å². The average molecular weight is 300 g/mol. The van der Waals surface area contributed by atoms with Crippen LogP contribution in [0.15, 0.2) is 47.3 Å². The van der Waals surface area contributed by atoms with E-state index in [9.17, 15) is 9.18 Å². The maximum absolute atomic E-state index is 13.5. The fourth-order valence-electron chi connectivity index (χ4n) is 2.07. The molecule has 0 fully saturated rings. The van der Waals surface area contributed by atoms with E-state index >= 15 is 0 Å². The van der Waals surface area contributed by atoms with Crippen LogP contribution in [0.1, 0.15) is 5.82 Å². The molecule has 22 heavy (non-hydrogen) atoms. The number of benzene rings is 2. The van der Waals surface area contributed by atoms with Crippen LogP contribution >= 0.6 is 0 Å². The summed E-state index contributed by atoms with van der Waals surface area (Å²) < 4.78 is 23.9. The van der Waals surface area contributed by atoms with E-state index in [1.165, 1.54) is 19.2 Å².